The van der Waals surface area contributed by atoms with Gasteiger partial charge in [0.2, 0.25) is 11.8 Å². The van der Waals surface area contributed by atoms with Gasteiger partial charge in [0.1, 0.15) is 54.8 Å². The van der Waals surface area contributed by atoms with E-state index < -0.39 is 112 Å². The zero-order chi connectivity index (χ0) is 37.6. The van der Waals surface area contributed by atoms with Gasteiger partial charge in [-0.25, -0.2) is 4.57 Å². The van der Waals surface area contributed by atoms with Crippen LogP contribution in [0.25, 0.3) is 0 Å². The smallest absolute Gasteiger partial charge is 0.394 e. The van der Waals surface area contributed by atoms with Gasteiger partial charge in [-0.2, -0.15) is 0 Å². The van der Waals surface area contributed by atoms with Crippen molar-refractivity contribution in [1.82, 2.24) is 10.6 Å². The Morgan fingerprint density at radius 2 is 1.24 bits per heavy atom. The van der Waals surface area contributed by atoms with E-state index in [9.17, 15) is 49.7 Å². The summed E-state index contributed by atoms with van der Waals surface area (Å²) in [4.78, 5) is 33.6. The summed E-state index contributed by atoms with van der Waals surface area (Å²) in [5.41, 5.74) is -1.01. The fourth-order valence-electron chi connectivity index (χ4n) is 5.32. The van der Waals surface area contributed by atoms with Crippen molar-refractivity contribution in [3.05, 3.63) is 0 Å². The predicted molar refractivity (Wildman–Crippen MR) is 172 cm³/mol. The van der Waals surface area contributed by atoms with Crippen molar-refractivity contribution in [3.8, 4) is 0 Å². The molecule has 2 aliphatic rings. The van der Waals surface area contributed by atoms with Crippen LogP contribution in [0.2, 0.25) is 0 Å². The van der Waals surface area contributed by atoms with Crippen LogP contribution in [0, 0.1) is 0 Å². The van der Waals surface area contributed by atoms with Gasteiger partial charge in [-0.15, -0.1) is 0 Å². The van der Waals surface area contributed by atoms with Crippen LogP contribution < -0.4 is 10.6 Å². The van der Waals surface area contributed by atoms with Crippen LogP contribution in [0.1, 0.15) is 66.7 Å². The maximum absolute atomic E-state index is 12.5. The molecule has 0 aliphatic carbocycles. The van der Waals surface area contributed by atoms with Gasteiger partial charge in [0.05, 0.1) is 32.0 Å². The van der Waals surface area contributed by atoms with Gasteiger partial charge in [0.25, 0.3) is 0 Å². The fraction of sp³-hybridized carbons (Fsp3) is 0.933. The molecule has 50 heavy (non-hydrogen) atoms. The number of rotatable bonds is 21. The summed E-state index contributed by atoms with van der Waals surface area (Å²) in [6.45, 7) is 5.78. The lowest BCUT2D eigenvalue weighted by Crippen LogP contribution is -2.65. The average Bonchev–Trinajstić information content (AvgIpc) is 3.01. The Balaban J connectivity index is 1.86. The standard InChI is InChI=1S/C30H57N2O17P/c1-17(35)31-22-26(39)24(37)20(13-33)47-28(22)44-12-10-8-6-7-9-11-43-15-19(16-45-50(41,42)49-30(3,4)5)46-29-23(32-18(2)36)27(40)25(38)21(14-34)48-29/h19-29,33-34,37-40H,6-16H2,1-5H3,(H,31,35)(H,32,36)(H,41,42)/t19-,20+,21+,22+,23+,24-,25-,26+,27+,28+,29+/m0/s1. The molecule has 2 fully saturated rings. The second-order valence-electron chi connectivity index (χ2n) is 13.3. The highest BCUT2D eigenvalue weighted by Gasteiger charge is 2.47. The summed E-state index contributed by atoms with van der Waals surface area (Å²) < 4.78 is 51.3. The minimum Gasteiger partial charge on any atom is -0.394 e. The van der Waals surface area contributed by atoms with E-state index in [-0.39, 0.29) is 19.8 Å². The highest BCUT2D eigenvalue weighted by molar-refractivity contribution is 7.47. The molecule has 0 saturated carbocycles. The summed E-state index contributed by atoms with van der Waals surface area (Å²) in [5, 5.41) is 65.4. The van der Waals surface area contributed by atoms with E-state index in [0.717, 1.165) is 19.3 Å². The van der Waals surface area contributed by atoms with E-state index in [1.54, 1.807) is 20.8 Å². The molecule has 294 valence electrons. The third kappa shape index (κ3) is 15.3. The van der Waals surface area contributed by atoms with Crippen molar-refractivity contribution in [2.75, 3.05) is 39.6 Å². The minimum absolute atomic E-state index is 0.162. The summed E-state index contributed by atoms with van der Waals surface area (Å²) in [6, 6.07) is -2.26. The number of aliphatic hydroxyl groups excluding tert-OH is 6. The highest BCUT2D eigenvalue weighted by atomic mass is 31.2. The van der Waals surface area contributed by atoms with E-state index >= 15 is 0 Å². The predicted octanol–water partition coefficient (Wildman–Crippen LogP) is -1.83. The molecule has 0 bridgehead atoms. The van der Waals surface area contributed by atoms with Gasteiger partial charge in [-0.3, -0.25) is 18.6 Å². The SMILES string of the molecule is CC(=O)N[C@H]1[C@H](OCCCCCCCOC[C@@H](COP(=O)(O)OC(C)(C)C)O[C@@H]2O[C@H](CO)[C@H](O)[C@H](O)[C@H]2NC(C)=O)O[C@H](CO)[C@H](O)[C@@H]1O. The number of hydrogen-bond donors (Lipinski definition) is 9. The molecular formula is C30H57N2O17P. The fourth-order valence-corrected chi connectivity index (χ4v) is 6.42. The van der Waals surface area contributed by atoms with Crippen LogP contribution in [0.3, 0.4) is 0 Å². The molecular weight excluding hydrogens is 691 g/mol. The van der Waals surface area contributed by atoms with Crippen molar-refractivity contribution in [1.29, 1.82) is 0 Å². The van der Waals surface area contributed by atoms with Crippen molar-refractivity contribution < 1.29 is 82.4 Å². The van der Waals surface area contributed by atoms with E-state index in [4.69, 9.17) is 32.7 Å². The van der Waals surface area contributed by atoms with Gasteiger partial charge in [-0.1, -0.05) is 19.3 Å². The molecule has 0 radical (unpaired) electrons. The van der Waals surface area contributed by atoms with Crippen molar-refractivity contribution in [3.63, 3.8) is 0 Å². The molecule has 0 aromatic heterocycles. The molecule has 2 rings (SSSR count). The second-order valence-corrected chi connectivity index (χ2v) is 14.7. The first-order valence-corrected chi connectivity index (χ1v) is 18.2. The van der Waals surface area contributed by atoms with Crippen LogP contribution in [0.5, 0.6) is 0 Å². The van der Waals surface area contributed by atoms with Crippen molar-refractivity contribution in [2.45, 2.75) is 140 Å². The number of carbonyl (C=O) groups is 2. The third-order valence-corrected chi connectivity index (χ3v) is 8.91. The highest BCUT2D eigenvalue weighted by Crippen LogP contribution is 2.47. The number of aliphatic hydroxyl groups is 6. The molecule has 1 unspecified atom stereocenters. The third-order valence-electron chi connectivity index (χ3n) is 7.66. The summed E-state index contributed by atoms with van der Waals surface area (Å²) in [7, 11) is -4.54. The lowest BCUT2D eigenvalue weighted by atomic mass is 9.97. The number of unbranched alkanes of at least 4 members (excludes halogenated alkanes) is 4. The summed E-state index contributed by atoms with van der Waals surface area (Å²) >= 11 is 0. The molecule has 2 aliphatic heterocycles. The summed E-state index contributed by atoms with van der Waals surface area (Å²) in [6.07, 6.45) is -8.15. The second kappa shape index (κ2) is 21.3. The van der Waals surface area contributed by atoms with Gasteiger partial charge in [0, 0.05) is 27.1 Å². The molecule has 20 heteroatoms. The zero-order valence-electron chi connectivity index (χ0n) is 29.3. The van der Waals surface area contributed by atoms with Gasteiger partial charge in [0.15, 0.2) is 12.6 Å². The van der Waals surface area contributed by atoms with Crippen molar-refractivity contribution >= 4 is 19.6 Å². The quantitative estimate of drug-likeness (QED) is 0.0461. The summed E-state index contributed by atoms with van der Waals surface area (Å²) in [5.74, 6) is -0.998. The Labute approximate surface area is 292 Å². The van der Waals surface area contributed by atoms with Crippen LogP contribution in [0.15, 0.2) is 0 Å². The zero-order valence-corrected chi connectivity index (χ0v) is 30.2. The first-order valence-electron chi connectivity index (χ1n) is 16.7. The number of ether oxygens (including phenoxy) is 5. The topological polar surface area (TPSA) is 281 Å². The molecule has 2 heterocycles. The number of phosphoric ester groups is 1. The van der Waals surface area contributed by atoms with E-state index in [1.165, 1.54) is 13.8 Å². The number of amides is 2. The Morgan fingerprint density at radius 1 is 0.760 bits per heavy atom. The van der Waals surface area contributed by atoms with E-state index in [0.29, 0.717) is 12.8 Å². The van der Waals surface area contributed by atoms with Gasteiger partial charge >= 0.3 is 7.82 Å². The lowest BCUT2D eigenvalue weighted by molar-refractivity contribution is -0.287. The van der Waals surface area contributed by atoms with Crippen molar-refractivity contribution in [2.24, 2.45) is 0 Å². The first kappa shape index (κ1) is 44.8. The number of carbonyl (C=O) groups excluding carboxylic acids is 2. The number of phosphoric acid groups is 1. The van der Waals surface area contributed by atoms with E-state index in [1.807, 2.05) is 0 Å². The minimum atomic E-state index is -4.54. The monoisotopic (exact) mass is 748 g/mol. The molecule has 12 atom stereocenters. The Hall–Kier alpha value is -1.39. The molecule has 9 N–H and O–H groups in total. The number of hydrogen-bond acceptors (Lipinski definition) is 16. The Bertz CT molecular complexity index is 1070. The van der Waals surface area contributed by atoms with Gasteiger partial charge in [-0.05, 0) is 33.6 Å². The molecule has 0 aromatic carbocycles. The maximum Gasteiger partial charge on any atom is 0.472 e. The van der Waals surface area contributed by atoms with Crippen LogP contribution in [-0.2, 0) is 46.9 Å². The van der Waals surface area contributed by atoms with Crippen LogP contribution in [0.4, 0.5) is 0 Å². The molecule has 2 saturated heterocycles. The van der Waals surface area contributed by atoms with Gasteiger partial charge < -0.3 is 69.9 Å². The molecule has 0 spiro atoms. The van der Waals surface area contributed by atoms with Crippen LogP contribution >= 0.6 is 7.82 Å². The molecule has 2 amide bonds. The van der Waals surface area contributed by atoms with E-state index in [2.05, 4.69) is 10.6 Å². The largest absolute Gasteiger partial charge is 0.472 e. The normalized spacial score (nSPS) is 32.2. The Morgan fingerprint density at radius 3 is 1.74 bits per heavy atom. The average molecular weight is 749 g/mol. The molecule has 19 nitrogen and oxygen atoms in total. The maximum atomic E-state index is 12.5. The Kier molecular flexibility index (Phi) is 19.1. The number of nitrogens with one attached hydrogen (secondary N) is 2. The van der Waals surface area contributed by atoms with Crippen LogP contribution in [-0.4, -0.2) is 160 Å². The first-order chi connectivity index (χ1) is 23.4. The molecule has 0 aromatic rings. The lowest BCUT2D eigenvalue weighted by Gasteiger charge is -2.43.